The number of aliphatic imine (C=N–C) groups is 1. The zero-order valence-corrected chi connectivity index (χ0v) is 18.0. The van der Waals surface area contributed by atoms with Crippen LogP contribution in [0.5, 0.6) is 0 Å². The van der Waals surface area contributed by atoms with Gasteiger partial charge in [-0.3, -0.25) is 14.8 Å². The molecule has 4 aliphatic rings. The van der Waals surface area contributed by atoms with Crippen molar-refractivity contribution in [1.82, 2.24) is 20.4 Å². The lowest BCUT2D eigenvalue weighted by Crippen LogP contribution is -2.64. The largest absolute Gasteiger partial charge is 0.355 e. The molecule has 0 spiro atoms. The van der Waals surface area contributed by atoms with Crippen LogP contribution in [0.1, 0.15) is 39.5 Å². The number of hydrogen-bond acceptors (Lipinski definition) is 3. The minimum absolute atomic E-state index is 0. The van der Waals surface area contributed by atoms with E-state index < -0.39 is 0 Å². The summed E-state index contributed by atoms with van der Waals surface area (Å²) in [7, 11) is 1.89. The molecule has 4 rings (SSSR count). The Morgan fingerprint density at radius 1 is 1.08 bits per heavy atom. The second kappa shape index (κ2) is 9.57. The van der Waals surface area contributed by atoms with E-state index in [2.05, 4.69) is 39.3 Å². The highest BCUT2D eigenvalue weighted by Crippen LogP contribution is 2.29. The molecule has 0 radical (unpaired) electrons. The van der Waals surface area contributed by atoms with Gasteiger partial charge in [-0.15, -0.1) is 24.0 Å². The number of fused-ring (bicyclic) bond motifs is 3. The van der Waals surface area contributed by atoms with E-state index in [4.69, 9.17) is 0 Å². The summed E-state index contributed by atoms with van der Waals surface area (Å²) in [5, 5.41) is 7.23. The van der Waals surface area contributed by atoms with E-state index in [1.807, 2.05) is 7.05 Å². The molecule has 0 amide bonds. The number of nitrogens with one attached hydrogen (secondary N) is 2. The molecule has 3 aliphatic heterocycles. The number of piperazine rings is 3. The summed E-state index contributed by atoms with van der Waals surface area (Å²) in [5.74, 6) is 2.75. The van der Waals surface area contributed by atoms with Gasteiger partial charge in [-0.2, -0.15) is 0 Å². The van der Waals surface area contributed by atoms with E-state index in [9.17, 15) is 0 Å². The number of guanidine groups is 1. The van der Waals surface area contributed by atoms with Gasteiger partial charge in [-0.05, 0) is 37.5 Å². The zero-order chi connectivity index (χ0) is 16.2. The highest BCUT2D eigenvalue weighted by molar-refractivity contribution is 14.0. The van der Waals surface area contributed by atoms with Crippen molar-refractivity contribution < 1.29 is 0 Å². The van der Waals surface area contributed by atoms with Crippen LogP contribution in [0.4, 0.5) is 0 Å². The third-order valence-corrected chi connectivity index (χ3v) is 6.18. The molecule has 1 unspecified atom stereocenters. The van der Waals surface area contributed by atoms with Crippen molar-refractivity contribution in [3.63, 3.8) is 0 Å². The van der Waals surface area contributed by atoms with Crippen molar-refractivity contribution in [1.29, 1.82) is 0 Å². The van der Waals surface area contributed by atoms with Gasteiger partial charge in [-0.25, -0.2) is 0 Å². The maximum Gasteiger partial charge on any atom is 0.191 e. The van der Waals surface area contributed by atoms with Crippen LogP contribution in [0.3, 0.4) is 0 Å². The van der Waals surface area contributed by atoms with Gasteiger partial charge in [0.1, 0.15) is 0 Å². The highest BCUT2D eigenvalue weighted by atomic mass is 127. The molecule has 5 nitrogen and oxygen atoms in total. The lowest BCUT2D eigenvalue weighted by molar-refractivity contribution is 0.0154. The molecule has 140 valence electrons. The normalized spacial score (nSPS) is 36.3. The van der Waals surface area contributed by atoms with Crippen LogP contribution in [0.25, 0.3) is 0 Å². The van der Waals surface area contributed by atoms with Crippen molar-refractivity contribution in [2.75, 3.05) is 46.3 Å². The third kappa shape index (κ3) is 5.21. The molecule has 3 heterocycles. The second-order valence-corrected chi connectivity index (χ2v) is 7.94. The third-order valence-electron chi connectivity index (χ3n) is 6.18. The van der Waals surface area contributed by atoms with E-state index in [1.54, 1.807) is 0 Å². The van der Waals surface area contributed by atoms with Gasteiger partial charge in [0.2, 0.25) is 0 Å². The lowest BCUT2D eigenvalue weighted by Gasteiger charge is -2.47. The van der Waals surface area contributed by atoms with Gasteiger partial charge in [0.15, 0.2) is 5.96 Å². The molecule has 3 saturated heterocycles. The first-order chi connectivity index (χ1) is 11.2. The molecule has 6 heteroatoms. The fourth-order valence-electron chi connectivity index (χ4n) is 4.45. The molecule has 4 fully saturated rings. The number of rotatable bonds is 4. The number of nitrogens with zero attached hydrogens (tertiary/aromatic N) is 3. The van der Waals surface area contributed by atoms with Crippen molar-refractivity contribution in [2.24, 2.45) is 16.8 Å². The molecule has 1 aliphatic carbocycles. The Hall–Kier alpha value is -0.0800. The fourth-order valence-corrected chi connectivity index (χ4v) is 4.45. The van der Waals surface area contributed by atoms with Gasteiger partial charge >= 0.3 is 0 Å². The maximum absolute atomic E-state index is 4.45. The molecule has 0 aromatic heterocycles. The molecular weight excluding hydrogens is 413 g/mol. The number of halogens is 1. The van der Waals surface area contributed by atoms with Crippen LogP contribution in [0.2, 0.25) is 0 Å². The Labute approximate surface area is 165 Å². The van der Waals surface area contributed by atoms with Crippen LogP contribution < -0.4 is 10.6 Å². The number of hydrogen-bond donors (Lipinski definition) is 2. The van der Waals surface area contributed by atoms with Gasteiger partial charge < -0.3 is 10.6 Å². The summed E-state index contributed by atoms with van der Waals surface area (Å²) >= 11 is 0. The van der Waals surface area contributed by atoms with Crippen molar-refractivity contribution in [3.05, 3.63) is 0 Å². The van der Waals surface area contributed by atoms with Crippen LogP contribution in [0, 0.1) is 11.8 Å². The predicted octanol–water partition coefficient (Wildman–Crippen LogP) is 1.98. The summed E-state index contributed by atoms with van der Waals surface area (Å²) in [6.45, 7) is 11.9. The van der Waals surface area contributed by atoms with Gasteiger partial charge in [0, 0.05) is 58.4 Å². The first-order valence-corrected chi connectivity index (χ1v) is 9.59. The average molecular weight is 449 g/mol. The first-order valence-electron chi connectivity index (χ1n) is 9.59. The van der Waals surface area contributed by atoms with Crippen molar-refractivity contribution >= 4 is 29.9 Å². The summed E-state index contributed by atoms with van der Waals surface area (Å²) in [6.07, 6.45) is 5.29. The predicted molar refractivity (Wildman–Crippen MR) is 112 cm³/mol. The van der Waals surface area contributed by atoms with E-state index in [0.29, 0.717) is 12.1 Å². The van der Waals surface area contributed by atoms with Crippen LogP contribution in [0.15, 0.2) is 4.99 Å². The minimum Gasteiger partial charge on any atom is -0.355 e. The smallest absolute Gasteiger partial charge is 0.191 e. The Bertz CT molecular complexity index is 398. The molecule has 1 saturated carbocycles. The van der Waals surface area contributed by atoms with E-state index in [-0.39, 0.29) is 24.0 Å². The van der Waals surface area contributed by atoms with Gasteiger partial charge in [0.25, 0.3) is 0 Å². The molecule has 2 N–H and O–H groups in total. The lowest BCUT2D eigenvalue weighted by atomic mass is 9.80. The van der Waals surface area contributed by atoms with E-state index >= 15 is 0 Å². The monoisotopic (exact) mass is 449 g/mol. The van der Waals surface area contributed by atoms with E-state index in [0.717, 1.165) is 24.3 Å². The average Bonchev–Trinajstić information content (AvgIpc) is 2.60. The molecule has 2 bridgehead atoms. The Balaban J connectivity index is 0.00000208. The molecular formula is C18H36IN5. The van der Waals surface area contributed by atoms with Crippen molar-refractivity contribution in [3.8, 4) is 0 Å². The molecule has 0 aromatic carbocycles. The molecule has 1 atom stereocenters. The fraction of sp³-hybridized carbons (Fsp3) is 0.944. The highest BCUT2D eigenvalue weighted by Gasteiger charge is 2.31. The topological polar surface area (TPSA) is 42.9 Å². The summed E-state index contributed by atoms with van der Waals surface area (Å²) < 4.78 is 0. The minimum atomic E-state index is 0. The van der Waals surface area contributed by atoms with Crippen LogP contribution in [-0.4, -0.2) is 74.2 Å². The quantitative estimate of drug-likeness (QED) is 0.392. The maximum atomic E-state index is 4.45. The second-order valence-electron chi connectivity index (χ2n) is 7.94. The first kappa shape index (κ1) is 20.2. The standard InChI is InChI=1S/C18H35N5.HI/c1-14(2)15-4-6-16(7-5-15)21-18(19-3)20-12-17-13-22-8-10-23(17)11-9-22;/h14-17H,4-13H2,1-3H3,(H2,19,20,21);1H. The van der Waals surface area contributed by atoms with E-state index in [1.165, 1.54) is 58.4 Å². The Kier molecular flexibility index (Phi) is 8.07. The summed E-state index contributed by atoms with van der Waals surface area (Å²) in [4.78, 5) is 9.67. The van der Waals surface area contributed by atoms with Crippen LogP contribution in [-0.2, 0) is 0 Å². The summed E-state index contributed by atoms with van der Waals surface area (Å²) in [6, 6.07) is 1.25. The van der Waals surface area contributed by atoms with Crippen LogP contribution >= 0.6 is 24.0 Å². The zero-order valence-electron chi connectivity index (χ0n) is 15.6. The molecule has 0 aromatic rings. The Morgan fingerprint density at radius 2 is 1.75 bits per heavy atom. The Morgan fingerprint density at radius 3 is 2.25 bits per heavy atom. The SMILES string of the molecule is CN=C(NCC1CN2CCN1CC2)NC1CCC(C(C)C)CC1.I. The van der Waals surface area contributed by atoms with Gasteiger partial charge in [-0.1, -0.05) is 13.8 Å². The van der Waals surface area contributed by atoms with Gasteiger partial charge in [0.05, 0.1) is 0 Å². The summed E-state index contributed by atoms with van der Waals surface area (Å²) in [5.41, 5.74) is 0. The van der Waals surface area contributed by atoms with Crippen molar-refractivity contribution in [2.45, 2.75) is 51.6 Å². The molecule has 24 heavy (non-hydrogen) atoms.